The number of carbonyl (C=O) groups is 1. The largest absolute Gasteiger partial charge is 0.293 e. The van der Waals surface area contributed by atoms with Crippen LogP contribution in [0.1, 0.15) is 47.1 Å². The van der Waals surface area contributed by atoms with Crippen molar-refractivity contribution in [2.24, 2.45) is 0 Å². The highest BCUT2D eigenvalue weighted by atomic mass is 32.1. The molecule has 2 rings (SSSR count). The van der Waals surface area contributed by atoms with Crippen molar-refractivity contribution in [3.05, 3.63) is 39.8 Å². The molecule has 0 amide bonds. The van der Waals surface area contributed by atoms with Crippen LogP contribution in [0.2, 0.25) is 0 Å². The number of aromatic nitrogens is 2. The van der Waals surface area contributed by atoms with Gasteiger partial charge in [-0.25, -0.2) is 0 Å². The first-order valence-corrected chi connectivity index (χ1v) is 7.07. The molecule has 0 radical (unpaired) electrons. The van der Waals surface area contributed by atoms with Crippen LogP contribution in [-0.2, 0) is 12.8 Å². The van der Waals surface area contributed by atoms with E-state index in [1.54, 1.807) is 11.3 Å². The quantitative estimate of drug-likeness (QED) is 0.773. The molecule has 2 heterocycles. The normalized spacial score (nSPS) is 11.1. The van der Waals surface area contributed by atoms with E-state index in [1.165, 1.54) is 4.88 Å². The summed E-state index contributed by atoms with van der Waals surface area (Å²) in [4.78, 5) is 14.2. The van der Waals surface area contributed by atoms with Crippen molar-refractivity contribution in [2.75, 3.05) is 0 Å². The van der Waals surface area contributed by atoms with Crippen LogP contribution in [0.25, 0.3) is 0 Å². The topological polar surface area (TPSA) is 34.9 Å². The van der Waals surface area contributed by atoms with Crippen LogP contribution in [0.5, 0.6) is 0 Å². The Hall–Kier alpha value is -1.42. The van der Waals surface area contributed by atoms with E-state index in [-0.39, 0.29) is 5.78 Å². The van der Waals surface area contributed by atoms with Crippen molar-refractivity contribution < 1.29 is 4.79 Å². The van der Waals surface area contributed by atoms with Gasteiger partial charge in [-0.2, -0.15) is 5.10 Å². The summed E-state index contributed by atoms with van der Waals surface area (Å²) in [5, 5.41) is 4.40. The third-order valence-corrected chi connectivity index (χ3v) is 4.09. The van der Waals surface area contributed by atoms with Crippen LogP contribution in [-0.4, -0.2) is 15.6 Å². The number of Topliss-reactive ketones (excluding diaryl/α,β-unsaturated/α-hetero) is 1. The summed E-state index contributed by atoms with van der Waals surface area (Å²) < 4.78 is 1.88. The number of rotatable bonds is 5. The molecule has 4 heteroatoms. The molecule has 0 atom stereocenters. The van der Waals surface area contributed by atoms with Crippen LogP contribution in [0.3, 0.4) is 0 Å². The van der Waals surface area contributed by atoms with Crippen LogP contribution < -0.4 is 0 Å². The molecule has 0 unspecified atom stereocenters. The van der Waals surface area contributed by atoms with Crippen LogP contribution in [0.4, 0.5) is 0 Å². The molecule has 0 fully saturated rings. The molecule has 0 bridgehead atoms. The summed E-state index contributed by atoms with van der Waals surface area (Å²) in [7, 11) is 0. The lowest BCUT2D eigenvalue weighted by atomic mass is 10.2. The predicted molar refractivity (Wildman–Crippen MR) is 74.3 cm³/mol. The lowest BCUT2D eigenvalue weighted by Gasteiger charge is -2.03. The van der Waals surface area contributed by atoms with Crippen molar-refractivity contribution in [3.63, 3.8) is 0 Å². The van der Waals surface area contributed by atoms with Gasteiger partial charge in [0, 0.05) is 17.1 Å². The average molecular weight is 262 g/mol. The van der Waals surface area contributed by atoms with E-state index in [2.05, 4.69) is 25.9 Å². The van der Waals surface area contributed by atoms with Gasteiger partial charge in [0.1, 0.15) is 0 Å². The van der Waals surface area contributed by atoms with Crippen molar-refractivity contribution >= 4 is 17.1 Å². The zero-order valence-corrected chi connectivity index (χ0v) is 11.8. The van der Waals surface area contributed by atoms with Crippen LogP contribution >= 0.6 is 11.3 Å². The highest BCUT2D eigenvalue weighted by Gasteiger charge is 2.12. The predicted octanol–water partition coefficient (Wildman–Crippen LogP) is 3.51. The number of carbonyl (C=O) groups excluding carboxylic acids is 1. The van der Waals surface area contributed by atoms with Gasteiger partial charge in [0.25, 0.3) is 0 Å². The average Bonchev–Trinajstić information content (AvgIpc) is 2.96. The molecule has 0 saturated carbocycles. The number of hydrogen-bond acceptors (Lipinski definition) is 3. The molecule has 3 nitrogen and oxygen atoms in total. The van der Waals surface area contributed by atoms with E-state index in [0.717, 1.165) is 17.0 Å². The van der Waals surface area contributed by atoms with Crippen molar-refractivity contribution in [1.29, 1.82) is 0 Å². The van der Waals surface area contributed by atoms with Gasteiger partial charge in [0.2, 0.25) is 0 Å². The molecular formula is C14H18N2OS. The highest BCUT2D eigenvalue weighted by Crippen LogP contribution is 2.19. The van der Waals surface area contributed by atoms with Crippen molar-refractivity contribution in [2.45, 2.75) is 39.7 Å². The second-order valence-electron chi connectivity index (χ2n) is 4.60. The minimum atomic E-state index is 0.161. The molecule has 96 valence electrons. The molecule has 0 N–H and O–H groups in total. The van der Waals surface area contributed by atoms with Gasteiger partial charge in [-0.15, -0.1) is 11.3 Å². The monoisotopic (exact) mass is 262 g/mol. The Labute approximate surface area is 111 Å². The summed E-state index contributed by atoms with van der Waals surface area (Å²) in [6.07, 6.45) is 3.31. The lowest BCUT2D eigenvalue weighted by Crippen LogP contribution is -2.05. The van der Waals surface area contributed by atoms with E-state index in [0.29, 0.717) is 12.5 Å². The minimum Gasteiger partial charge on any atom is -0.293 e. The van der Waals surface area contributed by atoms with E-state index < -0.39 is 0 Å². The zero-order chi connectivity index (χ0) is 13.1. The summed E-state index contributed by atoms with van der Waals surface area (Å²) >= 11 is 1.59. The molecule has 0 aliphatic heterocycles. The molecule has 0 aliphatic carbocycles. The molecule has 2 aromatic rings. The fraction of sp³-hybridized carbons (Fsp3) is 0.429. The first-order valence-electron chi connectivity index (χ1n) is 6.26. The summed E-state index contributed by atoms with van der Waals surface area (Å²) in [5.41, 5.74) is 0.847. The Morgan fingerprint density at radius 3 is 2.72 bits per heavy atom. The third-order valence-electron chi connectivity index (χ3n) is 2.82. The van der Waals surface area contributed by atoms with E-state index in [4.69, 9.17) is 0 Å². The van der Waals surface area contributed by atoms with Gasteiger partial charge in [-0.3, -0.25) is 9.48 Å². The van der Waals surface area contributed by atoms with Gasteiger partial charge in [-0.1, -0.05) is 6.92 Å². The molecule has 0 spiro atoms. The smallest absolute Gasteiger partial charge is 0.178 e. The number of hydrogen-bond donors (Lipinski definition) is 0. The Morgan fingerprint density at radius 1 is 1.39 bits per heavy atom. The second kappa shape index (κ2) is 5.48. The maximum absolute atomic E-state index is 12.1. The molecule has 0 aromatic carbocycles. The number of nitrogens with zero attached hydrogens (tertiary/aromatic N) is 2. The zero-order valence-electron chi connectivity index (χ0n) is 11.0. The fourth-order valence-corrected chi connectivity index (χ4v) is 2.61. The van der Waals surface area contributed by atoms with Crippen LogP contribution in [0, 0.1) is 0 Å². The van der Waals surface area contributed by atoms with Crippen molar-refractivity contribution in [3.8, 4) is 0 Å². The van der Waals surface area contributed by atoms with Gasteiger partial charge in [-0.05, 0) is 38.5 Å². The van der Waals surface area contributed by atoms with Gasteiger partial charge in [0.15, 0.2) is 5.78 Å². The van der Waals surface area contributed by atoms with E-state index >= 15 is 0 Å². The number of ketones is 1. The maximum Gasteiger partial charge on any atom is 0.178 e. The lowest BCUT2D eigenvalue weighted by molar-refractivity contribution is 0.0995. The Morgan fingerprint density at radius 2 is 2.17 bits per heavy atom. The fourth-order valence-electron chi connectivity index (χ4n) is 1.73. The first-order chi connectivity index (χ1) is 8.60. The summed E-state index contributed by atoms with van der Waals surface area (Å²) in [6.45, 7) is 6.25. The summed E-state index contributed by atoms with van der Waals surface area (Å²) in [6, 6.07) is 6.21. The molecule has 18 heavy (non-hydrogen) atoms. The molecule has 2 aromatic heterocycles. The highest BCUT2D eigenvalue weighted by molar-refractivity contribution is 7.14. The van der Waals surface area contributed by atoms with E-state index in [9.17, 15) is 4.79 Å². The SMILES string of the molecule is CCc1ccc(C(=O)Cc2ccn(C(C)C)n2)s1. The number of aryl methyl sites for hydroxylation is 1. The molecule has 0 aliphatic rings. The van der Waals surface area contributed by atoms with Crippen LogP contribution in [0.15, 0.2) is 24.4 Å². The Bertz CT molecular complexity index is 539. The van der Waals surface area contributed by atoms with Crippen molar-refractivity contribution in [1.82, 2.24) is 9.78 Å². The number of thiophene rings is 1. The van der Waals surface area contributed by atoms with Gasteiger partial charge in [0.05, 0.1) is 17.0 Å². The first kappa shape index (κ1) is 13.0. The molecular weight excluding hydrogens is 244 g/mol. The molecule has 0 saturated heterocycles. The standard InChI is InChI=1S/C14H18N2OS/c1-4-12-5-6-14(18-12)13(17)9-11-7-8-16(15-11)10(2)3/h5-8,10H,4,9H2,1-3H3. The maximum atomic E-state index is 12.1. The Balaban J connectivity index is 2.06. The minimum absolute atomic E-state index is 0.161. The van der Waals surface area contributed by atoms with Gasteiger partial charge < -0.3 is 0 Å². The second-order valence-corrected chi connectivity index (χ2v) is 5.77. The summed E-state index contributed by atoms with van der Waals surface area (Å²) in [5.74, 6) is 0.161. The van der Waals surface area contributed by atoms with Gasteiger partial charge >= 0.3 is 0 Å². The Kier molecular flexibility index (Phi) is 3.97. The third kappa shape index (κ3) is 2.88. The van der Waals surface area contributed by atoms with E-state index in [1.807, 2.05) is 29.1 Å².